The van der Waals surface area contributed by atoms with E-state index in [1.807, 2.05) is 24.3 Å². The summed E-state index contributed by atoms with van der Waals surface area (Å²) in [5.74, 6) is 0. The van der Waals surface area contributed by atoms with Gasteiger partial charge >= 0.3 is 0 Å². The van der Waals surface area contributed by atoms with Gasteiger partial charge in [-0.1, -0.05) is 28.8 Å². The molecule has 0 unspecified atom stereocenters. The van der Waals surface area contributed by atoms with Crippen LogP contribution < -0.4 is 0 Å². The van der Waals surface area contributed by atoms with E-state index >= 15 is 0 Å². The molecule has 0 N–H and O–H groups in total. The van der Waals surface area contributed by atoms with Gasteiger partial charge in [0.05, 0.1) is 11.1 Å². The molecule has 2 aromatic rings. The number of nitrogens with zero attached hydrogens (tertiary/aromatic N) is 2. The molecule has 1 heterocycles. The molecule has 0 saturated carbocycles. The summed E-state index contributed by atoms with van der Waals surface area (Å²) in [5.41, 5.74) is 1.87. The molecule has 0 fully saturated rings. The molecule has 13 heavy (non-hydrogen) atoms. The second kappa shape index (κ2) is 3.64. The first kappa shape index (κ1) is 8.34. The minimum Gasteiger partial charge on any atom is -0.232 e. The fraction of sp³-hybridized carbons (Fsp3) is 0.111. The van der Waals surface area contributed by atoms with E-state index in [0.717, 1.165) is 16.0 Å². The van der Waals surface area contributed by atoms with Gasteiger partial charge in [0.25, 0.3) is 0 Å². The Balaban J connectivity index is 2.33. The molecule has 0 saturated heterocycles. The number of benzene rings is 1. The highest BCUT2D eigenvalue weighted by Gasteiger charge is 1.99. The highest BCUT2D eigenvalue weighted by molar-refractivity contribution is 7.09. The molecule has 0 atom stereocenters. The molecule has 0 amide bonds. The number of hydrogen-bond donors (Lipinski definition) is 0. The quantitative estimate of drug-likeness (QED) is 0.730. The molecule has 0 aliphatic carbocycles. The SMILES string of the molecule is [O]Cc1ccc(-c2cnns2)cc1. The van der Waals surface area contributed by atoms with Crippen LogP contribution in [0.25, 0.3) is 10.4 Å². The molecule has 1 aromatic carbocycles. The highest BCUT2D eigenvalue weighted by atomic mass is 32.1. The van der Waals surface area contributed by atoms with Crippen LogP contribution in [0.15, 0.2) is 30.5 Å². The Hall–Kier alpha value is -1.26. The van der Waals surface area contributed by atoms with Crippen LogP contribution in [0, 0.1) is 0 Å². The number of rotatable bonds is 2. The lowest BCUT2D eigenvalue weighted by Crippen LogP contribution is -1.80. The number of aromatic nitrogens is 2. The molecule has 0 bridgehead atoms. The summed E-state index contributed by atoms with van der Waals surface area (Å²) in [7, 11) is 0. The highest BCUT2D eigenvalue weighted by Crippen LogP contribution is 2.21. The third-order valence-electron chi connectivity index (χ3n) is 1.77. The molecule has 65 valence electrons. The molecule has 2 rings (SSSR count). The fourth-order valence-electron chi connectivity index (χ4n) is 1.06. The zero-order valence-electron chi connectivity index (χ0n) is 6.80. The first-order valence-electron chi connectivity index (χ1n) is 3.85. The minimum atomic E-state index is -0.165. The average molecular weight is 191 g/mol. The van der Waals surface area contributed by atoms with Gasteiger partial charge in [-0.25, -0.2) is 5.11 Å². The summed E-state index contributed by atoms with van der Waals surface area (Å²) in [6.07, 6.45) is 1.72. The van der Waals surface area contributed by atoms with Gasteiger partial charge in [-0.2, -0.15) is 0 Å². The van der Waals surface area contributed by atoms with E-state index in [0.29, 0.717) is 0 Å². The van der Waals surface area contributed by atoms with Crippen molar-refractivity contribution in [1.29, 1.82) is 0 Å². The van der Waals surface area contributed by atoms with Crippen molar-refractivity contribution in [1.82, 2.24) is 9.59 Å². The standard InChI is InChI=1S/C9H7N2OS/c12-6-7-1-3-8(4-2-7)9-5-10-11-13-9/h1-5H,6H2. The van der Waals surface area contributed by atoms with Crippen molar-refractivity contribution in [3.05, 3.63) is 36.0 Å². The normalized spacial score (nSPS) is 10.2. The second-order valence-electron chi connectivity index (χ2n) is 2.62. The lowest BCUT2D eigenvalue weighted by atomic mass is 10.1. The van der Waals surface area contributed by atoms with Crippen LogP contribution >= 0.6 is 11.5 Å². The van der Waals surface area contributed by atoms with Crippen molar-refractivity contribution in [2.75, 3.05) is 0 Å². The summed E-state index contributed by atoms with van der Waals surface area (Å²) in [6, 6.07) is 7.51. The van der Waals surface area contributed by atoms with E-state index in [-0.39, 0.29) is 6.61 Å². The Kier molecular flexibility index (Phi) is 2.33. The summed E-state index contributed by atoms with van der Waals surface area (Å²) in [5, 5.41) is 14.3. The average Bonchev–Trinajstić information content (AvgIpc) is 2.71. The maximum atomic E-state index is 10.5. The van der Waals surface area contributed by atoms with E-state index in [2.05, 4.69) is 9.59 Å². The Morgan fingerprint density at radius 3 is 2.54 bits per heavy atom. The lowest BCUT2D eigenvalue weighted by molar-refractivity contribution is 0.177. The van der Waals surface area contributed by atoms with E-state index in [9.17, 15) is 5.11 Å². The first-order chi connectivity index (χ1) is 6.40. The topological polar surface area (TPSA) is 45.7 Å². The summed E-state index contributed by atoms with van der Waals surface area (Å²) < 4.78 is 3.77. The molecule has 4 heteroatoms. The Morgan fingerprint density at radius 1 is 1.23 bits per heavy atom. The largest absolute Gasteiger partial charge is 0.232 e. The lowest BCUT2D eigenvalue weighted by Gasteiger charge is -1.96. The van der Waals surface area contributed by atoms with Gasteiger partial charge in [-0.3, -0.25) is 0 Å². The smallest absolute Gasteiger partial charge is 0.107 e. The van der Waals surface area contributed by atoms with Crippen molar-refractivity contribution in [3.63, 3.8) is 0 Å². The molecular weight excluding hydrogens is 184 g/mol. The van der Waals surface area contributed by atoms with Crippen LogP contribution in [0.1, 0.15) is 5.56 Å². The summed E-state index contributed by atoms with van der Waals surface area (Å²) >= 11 is 1.35. The van der Waals surface area contributed by atoms with E-state index in [4.69, 9.17) is 0 Å². The van der Waals surface area contributed by atoms with Gasteiger partial charge < -0.3 is 0 Å². The van der Waals surface area contributed by atoms with E-state index < -0.39 is 0 Å². The second-order valence-corrected chi connectivity index (χ2v) is 3.41. The van der Waals surface area contributed by atoms with Gasteiger partial charge in [-0.05, 0) is 22.7 Å². The van der Waals surface area contributed by atoms with Crippen molar-refractivity contribution < 1.29 is 5.11 Å². The van der Waals surface area contributed by atoms with Crippen LogP contribution in [-0.4, -0.2) is 9.59 Å². The molecular formula is C9H7N2OS. The van der Waals surface area contributed by atoms with E-state index in [1.54, 1.807) is 6.20 Å². The molecule has 0 aliphatic heterocycles. The first-order valence-corrected chi connectivity index (χ1v) is 4.62. The monoisotopic (exact) mass is 191 g/mol. The molecule has 1 radical (unpaired) electrons. The Labute approximate surface area is 79.8 Å². The van der Waals surface area contributed by atoms with Crippen LogP contribution in [-0.2, 0) is 11.7 Å². The third kappa shape index (κ3) is 1.74. The van der Waals surface area contributed by atoms with Crippen LogP contribution in [0.4, 0.5) is 0 Å². The van der Waals surface area contributed by atoms with Crippen molar-refractivity contribution in [2.24, 2.45) is 0 Å². The Morgan fingerprint density at radius 2 is 2.00 bits per heavy atom. The predicted octanol–water partition coefficient (Wildman–Crippen LogP) is 2.14. The predicted molar refractivity (Wildman–Crippen MR) is 49.7 cm³/mol. The van der Waals surface area contributed by atoms with Gasteiger partial charge in [0.2, 0.25) is 0 Å². The van der Waals surface area contributed by atoms with Crippen molar-refractivity contribution >= 4 is 11.5 Å². The Bertz CT molecular complexity index is 369. The van der Waals surface area contributed by atoms with Gasteiger partial charge in [0.1, 0.15) is 6.61 Å². The van der Waals surface area contributed by atoms with Gasteiger partial charge in [-0.15, -0.1) is 5.10 Å². The van der Waals surface area contributed by atoms with Crippen molar-refractivity contribution in [3.8, 4) is 10.4 Å². The summed E-state index contributed by atoms with van der Waals surface area (Å²) in [6.45, 7) is -0.165. The zero-order chi connectivity index (χ0) is 9.10. The maximum Gasteiger partial charge on any atom is 0.107 e. The van der Waals surface area contributed by atoms with Crippen molar-refractivity contribution in [2.45, 2.75) is 6.61 Å². The van der Waals surface area contributed by atoms with Crippen LogP contribution in [0.2, 0.25) is 0 Å². The zero-order valence-corrected chi connectivity index (χ0v) is 7.62. The number of hydrogen-bond acceptors (Lipinski definition) is 3. The molecule has 1 aromatic heterocycles. The maximum absolute atomic E-state index is 10.5. The van der Waals surface area contributed by atoms with Gasteiger partial charge in [0.15, 0.2) is 0 Å². The molecule has 3 nitrogen and oxygen atoms in total. The van der Waals surface area contributed by atoms with Crippen LogP contribution in [0.5, 0.6) is 0 Å². The van der Waals surface area contributed by atoms with E-state index in [1.165, 1.54) is 11.5 Å². The minimum absolute atomic E-state index is 0.165. The van der Waals surface area contributed by atoms with Gasteiger partial charge in [0, 0.05) is 0 Å². The fourth-order valence-corrected chi connectivity index (χ4v) is 1.58. The molecule has 0 aliphatic rings. The van der Waals surface area contributed by atoms with Crippen LogP contribution in [0.3, 0.4) is 0 Å². The summed E-state index contributed by atoms with van der Waals surface area (Å²) in [4.78, 5) is 1.03. The third-order valence-corrected chi connectivity index (χ3v) is 2.48. The molecule has 0 spiro atoms.